The summed E-state index contributed by atoms with van der Waals surface area (Å²) in [5.74, 6) is 1.17. The second kappa shape index (κ2) is 5.69. The van der Waals surface area contributed by atoms with E-state index in [1.165, 1.54) is 11.1 Å². The van der Waals surface area contributed by atoms with Gasteiger partial charge in [-0.2, -0.15) is 5.10 Å². The number of carbonyl (C=O) groups is 1. The summed E-state index contributed by atoms with van der Waals surface area (Å²) in [6.45, 7) is 2.78. The molecule has 23 heavy (non-hydrogen) atoms. The van der Waals surface area contributed by atoms with Gasteiger partial charge in [0.2, 0.25) is 5.91 Å². The van der Waals surface area contributed by atoms with Crippen LogP contribution in [0.1, 0.15) is 36.4 Å². The van der Waals surface area contributed by atoms with Gasteiger partial charge in [0.25, 0.3) is 0 Å². The summed E-state index contributed by atoms with van der Waals surface area (Å²) < 4.78 is 1.96. The molecule has 2 unspecified atom stereocenters. The highest BCUT2D eigenvalue weighted by molar-refractivity contribution is 5.93. The molecule has 0 aromatic carbocycles. The zero-order valence-electron chi connectivity index (χ0n) is 13.3. The third-order valence-corrected chi connectivity index (χ3v) is 4.81. The molecule has 2 aromatic rings. The van der Waals surface area contributed by atoms with E-state index in [1.807, 2.05) is 29.8 Å². The lowest BCUT2D eigenvalue weighted by Gasteiger charge is -2.10. The summed E-state index contributed by atoms with van der Waals surface area (Å²) in [5, 5.41) is 7.58. The molecule has 2 aromatic heterocycles. The number of aromatic nitrogens is 2. The van der Waals surface area contributed by atoms with E-state index in [1.54, 1.807) is 0 Å². The van der Waals surface area contributed by atoms with Crippen molar-refractivity contribution in [3.05, 3.63) is 59.5 Å². The third kappa shape index (κ3) is 2.81. The van der Waals surface area contributed by atoms with Crippen molar-refractivity contribution in [1.29, 1.82) is 0 Å². The molecule has 2 atom stereocenters. The Hall–Kier alpha value is -2.36. The fourth-order valence-electron chi connectivity index (χ4n) is 3.46. The van der Waals surface area contributed by atoms with E-state index in [9.17, 15) is 4.79 Å². The van der Waals surface area contributed by atoms with Gasteiger partial charge in [0, 0.05) is 18.3 Å². The van der Waals surface area contributed by atoms with Gasteiger partial charge in [-0.15, -0.1) is 0 Å². The SMILES string of the molecule is Cc1cc2c(C3CC3CNC(=O)C3=CC=CCC3)cccn2n1. The Bertz CT molecular complexity index is 815. The molecule has 2 aliphatic carbocycles. The molecule has 4 rings (SSSR count). The number of nitrogens with zero attached hydrogens (tertiary/aromatic N) is 2. The van der Waals surface area contributed by atoms with Crippen molar-refractivity contribution in [1.82, 2.24) is 14.9 Å². The van der Waals surface area contributed by atoms with E-state index in [0.29, 0.717) is 11.8 Å². The number of fused-ring (bicyclic) bond motifs is 1. The van der Waals surface area contributed by atoms with Crippen LogP contribution in [0, 0.1) is 12.8 Å². The van der Waals surface area contributed by atoms with Crippen LogP contribution >= 0.6 is 0 Å². The minimum absolute atomic E-state index is 0.0957. The Morgan fingerprint density at radius 3 is 3.22 bits per heavy atom. The monoisotopic (exact) mass is 307 g/mol. The molecule has 2 aliphatic rings. The van der Waals surface area contributed by atoms with Crippen LogP contribution in [-0.4, -0.2) is 22.1 Å². The first kappa shape index (κ1) is 14.2. The number of nitrogens with one attached hydrogen (secondary N) is 1. The summed E-state index contributed by atoms with van der Waals surface area (Å²) in [7, 11) is 0. The molecule has 0 bridgehead atoms. The molecule has 0 radical (unpaired) electrons. The summed E-state index contributed by atoms with van der Waals surface area (Å²) in [5.41, 5.74) is 4.49. The number of carbonyl (C=O) groups excluding carboxylic acids is 1. The molecule has 1 fully saturated rings. The summed E-state index contributed by atoms with van der Waals surface area (Å²) in [4.78, 5) is 12.2. The Kier molecular flexibility index (Phi) is 3.52. The van der Waals surface area contributed by atoms with Gasteiger partial charge in [0.1, 0.15) is 0 Å². The van der Waals surface area contributed by atoms with E-state index in [-0.39, 0.29) is 5.91 Å². The predicted octanol–water partition coefficient (Wildman–Crippen LogP) is 3.14. The maximum Gasteiger partial charge on any atom is 0.247 e. The van der Waals surface area contributed by atoms with Crippen LogP contribution in [0.15, 0.2) is 48.2 Å². The molecular weight excluding hydrogens is 286 g/mol. The van der Waals surface area contributed by atoms with E-state index in [2.05, 4.69) is 34.7 Å². The quantitative estimate of drug-likeness (QED) is 0.943. The zero-order valence-corrected chi connectivity index (χ0v) is 13.3. The van der Waals surface area contributed by atoms with Gasteiger partial charge < -0.3 is 5.32 Å². The van der Waals surface area contributed by atoms with E-state index < -0.39 is 0 Å². The average molecular weight is 307 g/mol. The van der Waals surface area contributed by atoms with Gasteiger partial charge >= 0.3 is 0 Å². The molecule has 118 valence electrons. The average Bonchev–Trinajstić information content (AvgIpc) is 3.24. The van der Waals surface area contributed by atoms with Crippen molar-refractivity contribution in [3.63, 3.8) is 0 Å². The van der Waals surface area contributed by atoms with E-state index >= 15 is 0 Å². The van der Waals surface area contributed by atoms with Crippen molar-refractivity contribution in [2.24, 2.45) is 5.92 Å². The number of allylic oxidation sites excluding steroid dienone is 3. The second-order valence-corrected chi connectivity index (χ2v) is 6.55. The van der Waals surface area contributed by atoms with Crippen LogP contribution in [0.2, 0.25) is 0 Å². The Balaban J connectivity index is 1.41. The highest BCUT2D eigenvalue weighted by atomic mass is 16.1. The third-order valence-electron chi connectivity index (χ3n) is 4.81. The second-order valence-electron chi connectivity index (χ2n) is 6.55. The standard InChI is InChI=1S/C19H21N3O/c1-13-10-18-16(8-5-9-22(18)21-13)17-11-15(17)12-20-19(23)14-6-3-2-4-7-14/h2-3,5-6,8-10,15,17H,4,7,11-12H2,1H3,(H,20,23). The maximum atomic E-state index is 12.2. The van der Waals surface area contributed by atoms with Crippen molar-refractivity contribution in [3.8, 4) is 0 Å². The van der Waals surface area contributed by atoms with Gasteiger partial charge in [-0.1, -0.05) is 24.3 Å². The van der Waals surface area contributed by atoms with E-state index in [0.717, 1.165) is 37.1 Å². The minimum atomic E-state index is 0.0957. The van der Waals surface area contributed by atoms with Crippen LogP contribution < -0.4 is 5.32 Å². The van der Waals surface area contributed by atoms with Crippen molar-refractivity contribution >= 4 is 11.4 Å². The number of pyridine rings is 1. The first-order valence-corrected chi connectivity index (χ1v) is 8.31. The highest BCUT2D eigenvalue weighted by Crippen LogP contribution is 2.48. The van der Waals surface area contributed by atoms with Crippen LogP contribution in [-0.2, 0) is 4.79 Å². The maximum absolute atomic E-state index is 12.2. The van der Waals surface area contributed by atoms with Gasteiger partial charge in [0.05, 0.1) is 11.2 Å². The van der Waals surface area contributed by atoms with Gasteiger partial charge in [-0.05, 0) is 55.7 Å². The Morgan fingerprint density at radius 2 is 2.39 bits per heavy atom. The Labute approximate surface area is 135 Å². The number of hydrogen-bond donors (Lipinski definition) is 1. The lowest BCUT2D eigenvalue weighted by molar-refractivity contribution is -0.117. The zero-order chi connectivity index (χ0) is 15.8. The molecule has 4 nitrogen and oxygen atoms in total. The molecule has 4 heteroatoms. The fraction of sp³-hybridized carbons (Fsp3) is 0.368. The molecule has 0 spiro atoms. The normalized spacial score (nSPS) is 22.9. The first-order valence-electron chi connectivity index (χ1n) is 8.31. The van der Waals surface area contributed by atoms with Crippen molar-refractivity contribution in [2.45, 2.75) is 32.1 Å². The molecule has 1 saturated carbocycles. The molecule has 0 saturated heterocycles. The van der Waals surface area contributed by atoms with Gasteiger partial charge in [-0.25, -0.2) is 4.52 Å². The van der Waals surface area contributed by atoms with E-state index in [4.69, 9.17) is 0 Å². The van der Waals surface area contributed by atoms with Crippen molar-refractivity contribution in [2.75, 3.05) is 6.54 Å². The predicted molar refractivity (Wildman–Crippen MR) is 90.2 cm³/mol. The number of aryl methyl sites for hydroxylation is 1. The van der Waals surface area contributed by atoms with Crippen molar-refractivity contribution < 1.29 is 4.79 Å². The lowest BCUT2D eigenvalue weighted by atomic mass is 10.0. The Morgan fingerprint density at radius 1 is 1.48 bits per heavy atom. The van der Waals surface area contributed by atoms with Gasteiger partial charge in [-0.3, -0.25) is 4.79 Å². The lowest BCUT2D eigenvalue weighted by Crippen LogP contribution is -2.27. The van der Waals surface area contributed by atoms with Gasteiger partial charge in [0.15, 0.2) is 0 Å². The largest absolute Gasteiger partial charge is 0.352 e. The van der Waals surface area contributed by atoms with Crippen LogP contribution in [0.25, 0.3) is 5.52 Å². The summed E-state index contributed by atoms with van der Waals surface area (Å²) >= 11 is 0. The molecule has 1 amide bonds. The minimum Gasteiger partial charge on any atom is -0.352 e. The summed E-state index contributed by atoms with van der Waals surface area (Å²) in [6, 6.07) is 6.39. The first-order chi connectivity index (χ1) is 11.2. The smallest absolute Gasteiger partial charge is 0.247 e. The number of hydrogen-bond acceptors (Lipinski definition) is 2. The molecule has 1 N–H and O–H groups in total. The number of rotatable bonds is 4. The van der Waals surface area contributed by atoms with Crippen LogP contribution in [0.5, 0.6) is 0 Å². The van der Waals surface area contributed by atoms with Crippen LogP contribution in [0.4, 0.5) is 0 Å². The highest BCUT2D eigenvalue weighted by Gasteiger charge is 2.39. The molecule has 2 heterocycles. The fourth-order valence-corrected chi connectivity index (χ4v) is 3.46. The summed E-state index contributed by atoms with van der Waals surface area (Å²) in [6.07, 6.45) is 11.0. The molecular formula is C19H21N3O. The van der Waals surface area contributed by atoms with Crippen LogP contribution in [0.3, 0.4) is 0 Å². The topological polar surface area (TPSA) is 46.4 Å². The number of amides is 1. The molecule has 0 aliphatic heterocycles.